The van der Waals surface area contributed by atoms with Gasteiger partial charge in [0, 0.05) is 23.7 Å². The van der Waals surface area contributed by atoms with Crippen molar-refractivity contribution in [3.8, 4) is 0 Å². The molecule has 9 nitrogen and oxygen atoms in total. The molecule has 0 saturated heterocycles. The summed E-state index contributed by atoms with van der Waals surface area (Å²) >= 11 is 1.32. The number of esters is 2. The average Bonchev–Trinajstić information content (AvgIpc) is 3.27. The third-order valence-electron chi connectivity index (χ3n) is 4.49. The van der Waals surface area contributed by atoms with Crippen molar-refractivity contribution in [2.75, 3.05) is 18.5 Å². The SMILES string of the molecule is CCCCOC(=O)c1ccc(NC(=O)COC(=O)c2cccnc2SCc2cc(C)on2)cc1. The Hall–Kier alpha value is -3.66. The molecule has 1 amide bonds. The first-order valence-corrected chi connectivity index (χ1v) is 11.7. The van der Waals surface area contributed by atoms with Crippen molar-refractivity contribution in [3.63, 3.8) is 0 Å². The van der Waals surface area contributed by atoms with E-state index in [2.05, 4.69) is 15.5 Å². The number of aryl methyl sites for hydroxylation is 1. The quantitative estimate of drug-likeness (QED) is 0.240. The lowest BCUT2D eigenvalue weighted by atomic mass is 10.2. The number of amides is 1. The Morgan fingerprint density at radius 3 is 2.59 bits per heavy atom. The number of pyridine rings is 1. The van der Waals surface area contributed by atoms with Crippen LogP contribution in [-0.2, 0) is 20.0 Å². The summed E-state index contributed by atoms with van der Waals surface area (Å²) in [5.41, 5.74) is 1.84. The Labute approximate surface area is 201 Å². The minimum Gasteiger partial charge on any atom is -0.462 e. The fourth-order valence-electron chi connectivity index (χ4n) is 2.78. The van der Waals surface area contributed by atoms with Crippen molar-refractivity contribution >= 4 is 35.3 Å². The molecule has 10 heteroatoms. The molecule has 1 aromatic carbocycles. The van der Waals surface area contributed by atoms with Crippen molar-refractivity contribution in [3.05, 3.63) is 71.2 Å². The summed E-state index contributed by atoms with van der Waals surface area (Å²) in [6.07, 6.45) is 3.31. The topological polar surface area (TPSA) is 121 Å². The number of carbonyl (C=O) groups is 3. The molecule has 2 aromatic heterocycles. The maximum absolute atomic E-state index is 12.5. The van der Waals surface area contributed by atoms with Crippen LogP contribution in [0, 0.1) is 6.92 Å². The summed E-state index contributed by atoms with van der Waals surface area (Å²) in [5.74, 6) is -0.417. The van der Waals surface area contributed by atoms with E-state index < -0.39 is 24.5 Å². The zero-order valence-electron chi connectivity index (χ0n) is 18.9. The maximum Gasteiger partial charge on any atom is 0.341 e. The van der Waals surface area contributed by atoms with E-state index in [4.69, 9.17) is 14.0 Å². The second-order valence-electron chi connectivity index (χ2n) is 7.26. The Kier molecular flexibility index (Phi) is 9.21. The number of anilines is 1. The molecule has 3 rings (SSSR count). The van der Waals surface area contributed by atoms with Crippen LogP contribution in [0.15, 0.2) is 58.2 Å². The van der Waals surface area contributed by atoms with E-state index in [1.165, 1.54) is 11.8 Å². The van der Waals surface area contributed by atoms with Crippen LogP contribution >= 0.6 is 11.8 Å². The van der Waals surface area contributed by atoms with Gasteiger partial charge in [-0.2, -0.15) is 0 Å². The van der Waals surface area contributed by atoms with E-state index >= 15 is 0 Å². The summed E-state index contributed by atoms with van der Waals surface area (Å²) in [7, 11) is 0. The number of rotatable bonds is 11. The summed E-state index contributed by atoms with van der Waals surface area (Å²) < 4.78 is 15.4. The van der Waals surface area contributed by atoms with E-state index in [1.807, 2.05) is 6.92 Å². The maximum atomic E-state index is 12.5. The fourth-order valence-corrected chi connectivity index (χ4v) is 3.64. The second kappa shape index (κ2) is 12.5. The van der Waals surface area contributed by atoms with Gasteiger partial charge >= 0.3 is 11.9 Å². The lowest BCUT2D eigenvalue weighted by Crippen LogP contribution is -2.21. The molecule has 0 radical (unpaired) electrons. The predicted molar refractivity (Wildman–Crippen MR) is 126 cm³/mol. The molecule has 0 atom stereocenters. The molecule has 0 aliphatic rings. The van der Waals surface area contributed by atoms with Crippen molar-refractivity contribution in [1.29, 1.82) is 0 Å². The van der Waals surface area contributed by atoms with Crippen molar-refractivity contribution < 1.29 is 28.4 Å². The van der Waals surface area contributed by atoms with Crippen LogP contribution in [0.5, 0.6) is 0 Å². The highest BCUT2D eigenvalue weighted by molar-refractivity contribution is 7.98. The third kappa shape index (κ3) is 7.45. The number of benzene rings is 1. The number of unbranched alkanes of at least 4 members (excludes halogenated alkanes) is 1. The van der Waals surface area contributed by atoms with Crippen LogP contribution in [0.25, 0.3) is 0 Å². The Morgan fingerprint density at radius 2 is 1.88 bits per heavy atom. The lowest BCUT2D eigenvalue weighted by Gasteiger charge is -2.09. The molecule has 178 valence electrons. The molecule has 34 heavy (non-hydrogen) atoms. The number of hydrogen-bond acceptors (Lipinski definition) is 9. The van der Waals surface area contributed by atoms with Gasteiger partial charge in [-0.3, -0.25) is 4.79 Å². The molecular weight excluding hydrogens is 458 g/mol. The summed E-state index contributed by atoms with van der Waals surface area (Å²) in [6, 6.07) is 11.3. The largest absolute Gasteiger partial charge is 0.462 e. The van der Waals surface area contributed by atoms with Gasteiger partial charge in [-0.25, -0.2) is 14.6 Å². The Balaban J connectivity index is 1.49. The highest BCUT2D eigenvalue weighted by Crippen LogP contribution is 2.24. The average molecular weight is 484 g/mol. The molecule has 0 fully saturated rings. The van der Waals surface area contributed by atoms with Gasteiger partial charge in [0.05, 0.1) is 23.4 Å². The first-order chi connectivity index (χ1) is 16.5. The van der Waals surface area contributed by atoms with Gasteiger partial charge in [0.25, 0.3) is 5.91 Å². The highest BCUT2D eigenvalue weighted by atomic mass is 32.2. The highest BCUT2D eigenvalue weighted by Gasteiger charge is 2.17. The van der Waals surface area contributed by atoms with E-state index in [-0.39, 0.29) is 5.56 Å². The van der Waals surface area contributed by atoms with Crippen LogP contribution < -0.4 is 5.32 Å². The Bertz CT molecular complexity index is 1130. The normalized spacial score (nSPS) is 10.5. The molecule has 1 N–H and O–H groups in total. The second-order valence-corrected chi connectivity index (χ2v) is 8.23. The van der Waals surface area contributed by atoms with Gasteiger partial charge in [-0.15, -0.1) is 0 Å². The van der Waals surface area contributed by atoms with E-state index in [9.17, 15) is 14.4 Å². The standard InChI is InChI=1S/C24H25N3O6S/c1-3-4-12-31-23(29)17-7-9-18(10-8-17)26-21(28)14-32-24(30)20-6-5-11-25-22(20)34-15-19-13-16(2)33-27-19/h5-11,13H,3-4,12,14-15H2,1-2H3,(H,26,28). The lowest BCUT2D eigenvalue weighted by molar-refractivity contribution is -0.119. The number of aromatic nitrogens is 2. The number of thioether (sulfide) groups is 1. The van der Waals surface area contributed by atoms with Gasteiger partial charge < -0.3 is 19.3 Å². The van der Waals surface area contributed by atoms with Crippen LogP contribution in [0.3, 0.4) is 0 Å². The number of ether oxygens (including phenoxy) is 2. The Morgan fingerprint density at radius 1 is 1.09 bits per heavy atom. The number of carbonyl (C=O) groups excluding carboxylic acids is 3. The summed E-state index contributed by atoms with van der Waals surface area (Å²) in [5, 5.41) is 7.01. The molecular formula is C24H25N3O6S. The van der Waals surface area contributed by atoms with Crippen LogP contribution in [0.1, 0.15) is 51.9 Å². The van der Waals surface area contributed by atoms with Crippen molar-refractivity contribution in [2.24, 2.45) is 0 Å². The minimum atomic E-state index is -0.660. The van der Waals surface area contributed by atoms with Gasteiger partial charge in [-0.05, 0) is 49.7 Å². The van der Waals surface area contributed by atoms with Crippen molar-refractivity contribution in [1.82, 2.24) is 10.1 Å². The monoisotopic (exact) mass is 483 g/mol. The van der Waals surface area contributed by atoms with E-state index in [0.29, 0.717) is 34.4 Å². The number of hydrogen-bond donors (Lipinski definition) is 1. The van der Waals surface area contributed by atoms with Crippen LogP contribution in [0.4, 0.5) is 5.69 Å². The predicted octanol–water partition coefficient (Wildman–Crippen LogP) is 4.42. The third-order valence-corrected chi connectivity index (χ3v) is 5.53. The summed E-state index contributed by atoms with van der Waals surface area (Å²) in [6.45, 7) is 3.71. The first kappa shape index (κ1) is 25.0. The van der Waals surface area contributed by atoms with E-state index in [0.717, 1.165) is 18.5 Å². The fraction of sp³-hybridized carbons (Fsp3) is 0.292. The molecule has 0 aliphatic heterocycles. The smallest absolute Gasteiger partial charge is 0.341 e. The minimum absolute atomic E-state index is 0.256. The van der Waals surface area contributed by atoms with Gasteiger partial charge in [-0.1, -0.05) is 30.3 Å². The summed E-state index contributed by atoms with van der Waals surface area (Å²) in [4.78, 5) is 40.9. The molecule has 0 aliphatic carbocycles. The molecule has 0 spiro atoms. The molecule has 3 aromatic rings. The molecule has 2 heterocycles. The van der Waals surface area contributed by atoms with Crippen LogP contribution in [-0.4, -0.2) is 41.2 Å². The van der Waals surface area contributed by atoms with Gasteiger partial charge in [0.1, 0.15) is 10.8 Å². The number of nitrogens with zero attached hydrogens (tertiary/aromatic N) is 2. The van der Waals surface area contributed by atoms with Crippen molar-refractivity contribution in [2.45, 2.75) is 37.5 Å². The molecule has 0 unspecified atom stereocenters. The first-order valence-electron chi connectivity index (χ1n) is 10.7. The van der Waals surface area contributed by atoms with E-state index in [1.54, 1.807) is 55.6 Å². The van der Waals surface area contributed by atoms with Gasteiger partial charge in [0.2, 0.25) is 0 Å². The molecule has 0 bridgehead atoms. The van der Waals surface area contributed by atoms with Gasteiger partial charge in [0.15, 0.2) is 6.61 Å². The van der Waals surface area contributed by atoms with Crippen LogP contribution in [0.2, 0.25) is 0 Å². The number of nitrogens with one attached hydrogen (secondary N) is 1. The zero-order chi connectivity index (χ0) is 24.3. The molecule has 0 saturated carbocycles. The zero-order valence-corrected chi connectivity index (χ0v) is 19.7.